The van der Waals surface area contributed by atoms with E-state index in [1.54, 1.807) is 24.3 Å². The van der Waals surface area contributed by atoms with Crippen LogP contribution in [0.2, 0.25) is 75.3 Å². The normalized spacial score (nSPS) is 13.1. The molecule has 6 aliphatic rings. The lowest BCUT2D eigenvalue weighted by Crippen LogP contribution is -2.01. The van der Waals surface area contributed by atoms with E-state index in [1.165, 1.54) is 11.1 Å². The van der Waals surface area contributed by atoms with Gasteiger partial charge in [0.2, 0.25) is 0 Å². The van der Waals surface area contributed by atoms with Crippen molar-refractivity contribution in [2.24, 2.45) is 0 Å². The minimum absolute atomic E-state index is 0.0120. The number of halogens is 15. The predicted molar refractivity (Wildman–Crippen MR) is 317 cm³/mol. The van der Waals surface area contributed by atoms with Crippen LogP contribution in [0.5, 0.6) is 0 Å². The van der Waals surface area contributed by atoms with E-state index in [2.05, 4.69) is 52.4 Å². The van der Waals surface area contributed by atoms with E-state index >= 15 is 0 Å². The molecule has 2 N–H and O–H groups in total. The summed E-state index contributed by atoms with van der Waals surface area (Å²) in [5.41, 5.74) is 12.1. The number of hydrogen-bond acceptors (Lipinski definition) is 2. The van der Waals surface area contributed by atoms with E-state index in [0.29, 0.717) is 61.5 Å². The topological polar surface area (TPSA) is 57.4 Å². The van der Waals surface area contributed by atoms with E-state index in [4.69, 9.17) is 184 Å². The van der Waals surface area contributed by atoms with Crippen LogP contribution in [-0.2, 0) is 25.7 Å². The predicted octanol–water partition coefficient (Wildman–Crippen LogP) is 23.0. The fourth-order valence-corrected chi connectivity index (χ4v) is 13.4. The second-order valence-corrected chi connectivity index (χ2v) is 22.8. The number of rotatable bonds is 4. The average molecular weight is 1260 g/mol. The van der Waals surface area contributed by atoms with Crippen LogP contribution in [0.3, 0.4) is 0 Å². The molecular weight excluding hydrogens is 1240 g/mol. The quantitative estimate of drug-likeness (QED) is 0.136. The number of aromatic amines is 2. The Hall–Kier alpha value is -2.95. The molecule has 0 atom stereocenters. The fraction of sp³-hybridized carbons (Fsp3) is 0.0741. The Morgan fingerprint density at radius 2 is 0.548 bits per heavy atom. The molecule has 5 heterocycles. The van der Waals surface area contributed by atoms with E-state index < -0.39 is 0 Å². The summed E-state index contributed by atoms with van der Waals surface area (Å²) in [6.07, 6.45) is 10.5. The van der Waals surface area contributed by atoms with Crippen LogP contribution in [0.15, 0.2) is 66.7 Å². The molecule has 0 unspecified atom stereocenters. The summed E-state index contributed by atoms with van der Waals surface area (Å²) in [4.78, 5) is 18.0. The highest BCUT2D eigenvalue weighted by atomic mass is 35.5. The van der Waals surface area contributed by atoms with E-state index in [0.717, 1.165) is 47.9 Å². The summed E-state index contributed by atoms with van der Waals surface area (Å²) in [7, 11) is 0. The van der Waals surface area contributed by atoms with Gasteiger partial charge in [-0.3, -0.25) is 0 Å². The lowest BCUT2D eigenvalue weighted by atomic mass is 9.90. The van der Waals surface area contributed by atoms with E-state index in [9.17, 15) is 0 Å². The number of fused-ring (bicyclic) bond motifs is 8. The molecule has 4 aliphatic carbocycles. The van der Waals surface area contributed by atoms with Crippen LogP contribution >= 0.6 is 174 Å². The summed E-state index contributed by atoms with van der Waals surface area (Å²) < 4.78 is 0. The number of aryl methyl sites for hydroxylation is 4. The summed E-state index contributed by atoms with van der Waals surface area (Å²) in [5.74, 6) is 0. The molecule has 366 valence electrons. The first-order chi connectivity index (χ1) is 34.9. The van der Waals surface area contributed by atoms with Gasteiger partial charge in [0.05, 0.1) is 98.1 Å². The Kier molecular flexibility index (Phi) is 14.6. The monoisotopic (exact) mass is 1250 g/mol. The standard InChI is InChI=1S/C54H25Cl15N4/c55-40-37(41(56)47(62)52(67)46(40)61)34-27-13-11-25(70-27)33(24-19-22-6-5-20-1-3-21(4-2-20)7-9-23(24)10-8-22)26-12-14-28(71-26)35(38-42(57)48(63)53(68)49(64)43(38)58)30-16-18-32(73-30)36(31-17-15-29(34)72-31)39-44(59)50(65)54(69)51(66)45(39)60/h1-4,8,10-19,70,73H,5-7,9H2. The van der Waals surface area contributed by atoms with Crippen LogP contribution in [-0.4, -0.2) is 19.9 Å². The number of benzene rings is 5. The molecule has 19 heteroatoms. The second-order valence-electron chi connectivity index (χ2n) is 17.1. The molecule has 8 aromatic rings. The summed E-state index contributed by atoms with van der Waals surface area (Å²) in [5, 5.41) is -0.118. The molecule has 14 rings (SSSR count). The highest BCUT2D eigenvalue weighted by molar-refractivity contribution is 6.59. The van der Waals surface area contributed by atoms with Gasteiger partial charge in [-0.05, 0) is 102 Å². The lowest BCUT2D eigenvalue weighted by molar-refractivity contribution is 0.923. The van der Waals surface area contributed by atoms with Gasteiger partial charge in [0.15, 0.2) is 0 Å². The second kappa shape index (κ2) is 20.4. The molecule has 4 nitrogen and oxygen atoms in total. The van der Waals surface area contributed by atoms with Crippen LogP contribution in [0.1, 0.15) is 45.0 Å². The molecule has 5 aromatic carbocycles. The number of hydrogen-bond donors (Lipinski definition) is 2. The van der Waals surface area contributed by atoms with Gasteiger partial charge in [0.25, 0.3) is 0 Å². The summed E-state index contributed by atoms with van der Waals surface area (Å²) >= 11 is 104. The van der Waals surface area contributed by atoms with Crippen molar-refractivity contribution in [1.82, 2.24) is 19.9 Å². The first kappa shape index (κ1) is 52.1. The van der Waals surface area contributed by atoms with Gasteiger partial charge < -0.3 is 9.97 Å². The molecule has 0 saturated heterocycles. The molecule has 3 aromatic heterocycles. The Morgan fingerprint density at radius 3 is 0.904 bits per heavy atom. The fourth-order valence-electron chi connectivity index (χ4n) is 9.42. The third-order valence-electron chi connectivity index (χ3n) is 13.0. The molecule has 0 radical (unpaired) electrons. The summed E-state index contributed by atoms with van der Waals surface area (Å²) in [6, 6.07) is 22.9. The Bertz CT molecular complexity index is 3830. The van der Waals surface area contributed by atoms with Gasteiger partial charge in [-0.1, -0.05) is 216 Å². The third kappa shape index (κ3) is 8.97. The average Bonchev–Trinajstić information content (AvgIpc) is 4.25. The highest BCUT2D eigenvalue weighted by Gasteiger charge is 2.30. The number of H-pyrrole nitrogens is 2. The van der Waals surface area contributed by atoms with Gasteiger partial charge in [-0.25, -0.2) is 9.97 Å². The minimum Gasteiger partial charge on any atom is -0.354 e. The maximum atomic E-state index is 7.17. The van der Waals surface area contributed by atoms with Gasteiger partial charge in [0, 0.05) is 61.0 Å². The van der Waals surface area contributed by atoms with Gasteiger partial charge >= 0.3 is 0 Å². The van der Waals surface area contributed by atoms with Gasteiger partial charge in [-0.15, -0.1) is 0 Å². The Morgan fingerprint density at radius 1 is 0.274 bits per heavy atom. The van der Waals surface area contributed by atoms with Crippen molar-refractivity contribution in [3.63, 3.8) is 0 Å². The van der Waals surface area contributed by atoms with Crippen molar-refractivity contribution in [1.29, 1.82) is 0 Å². The van der Waals surface area contributed by atoms with Gasteiger partial charge in [-0.2, -0.15) is 0 Å². The maximum Gasteiger partial charge on any atom is 0.0809 e. The first-order valence-corrected chi connectivity index (χ1v) is 27.5. The largest absolute Gasteiger partial charge is 0.354 e. The van der Waals surface area contributed by atoms with E-state index in [-0.39, 0.29) is 92.0 Å². The maximum absolute atomic E-state index is 7.17. The molecule has 0 spiro atoms. The smallest absolute Gasteiger partial charge is 0.0809 e. The third-order valence-corrected chi connectivity index (χ3v) is 19.8. The number of nitrogens with one attached hydrogen (secondary N) is 2. The molecule has 73 heavy (non-hydrogen) atoms. The zero-order chi connectivity index (χ0) is 51.5. The van der Waals surface area contributed by atoms with Crippen molar-refractivity contribution in [3.05, 3.63) is 187 Å². The van der Waals surface area contributed by atoms with Crippen LogP contribution in [0, 0.1) is 0 Å². The zero-order valence-corrected chi connectivity index (χ0v) is 47.9. The van der Waals surface area contributed by atoms with Crippen molar-refractivity contribution < 1.29 is 0 Å². The molecule has 2 aliphatic heterocycles. The number of aromatic nitrogens is 4. The van der Waals surface area contributed by atoms with Crippen molar-refractivity contribution in [3.8, 4) is 44.5 Å². The molecule has 0 amide bonds. The van der Waals surface area contributed by atoms with Crippen LogP contribution in [0.4, 0.5) is 0 Å². The number of nitrogens with zero attached hydrogens (tertiary/aromatic N) is 2. The minimum atomic E-state index is -0.0478. The first-order valence-electron chi connectivity index (χ1n) is 21.8. The van der Waals surface area contributed by atoms with E-state index in [1.807, 2.05) is 24.3 Å². The summed E-state index contributed by atoms with van der Waals surface area (Å²) in [6.45, 7) is 0. The highest BCUT2D eigenvalue weighted by Crippen LogP contribution is 2.54. The van der Waals surface area contributed by atoms with Crippen molar-refractivity contribution >= 4 is 220 Å². The molecular formula is C54H25Cl15N4. The zero-order valence-electron chi connectivity index (χ0n) is 36.6. The molecule has 0 fully saturated rings. The SMILES string of the molecule is Clc1c(Cl)c(Cl)c(-c2c3nc(c(-c4c(Cl)c(Cl)c(Cl)c(Cl)c4Cl)c4ccc([nH]4)c(-c4c(Cl)c(Cl)c(Cl)c(Cl)c4Cl)c4nc(c(-c5cc6ccc5CCc5ccc(cc5)CC6)c5ccc2[nH]5)C=C4)C=C3)c(Cl)c1Cl. The van der Waals surface area contributed by atoms with Crippen molar-refractivity contribution in [2.75, 3.05) is 0 Å². The molecule has 0 saturated carbocycles. The lowest BCUT2D eigenvalue weighted by Gasteiger charge is -2.16. The van der Waals surface area contributed by atoms with Crippen LogP contribution in [0.25, 0.3) is 90.9 Å². The van der Waals surface area contributed by atoms with Crippen molar-refractivity contribution in [2.45, 2.75) is 25.7 Å². The van der Waals surface area contributed by atoms with Crippen LogP contribution < -0.4 is 0 Å². The Labute approximate surface area is 492 Å². The Balaban J connectivity index is 1.36. The molecule has 12 bridgehead atoms. The van der Waals surface area contributed by atoms with Gasteiger partial charge in [0.1, 0.15) is 0 Å².